The summed E-state index contributed by atoms with van der Waals surface area (Å²) in [6.07, 6.45) is 4.02. The molecule has 0 spiro atoms. The van der Waals surface area contributed by atoms with Crippen LogP contribution in [0, 0.1) is 25.7 Å². The van der Waals surface area contributed by atoms with Crippen LogP contribution in [0.3, 0.4) is 0 Å². The number of hydrogen-bond donors (Lipinski definition) is 3. The van der Waals surface area contributed by atoms with Crippen LogP contribution in [0.25, 0.3) is 0 Å². The van der Waals surface area contributed by atoms with Gasteiger partial charge in [-0.2, -0.15) is 5.10 Å². The number of aryl methyl sites for hydroxylation is 2. The molecule has 1 aliphatic heterocycles. The number of fused-ring (bicyclic) bond motifs is 2. The molecule has 160 valence electrons. The third kappa shape index (κ3) is 3.32. The van der Waals surface area contributed by atoms with Crippen molar-refractivity contribution < 1.29 is 4.79 Å². The summed E-state index contributed by atoms with van der Waals surface area (Å²) < 4.78 is 0. The maximum absolute atomic E-state index is 12.8. The standard InChI is InChI=1S/C24H28N6O/c1-13-15(3-8-22(25-13)30-11-16-9-17(16)12-30)10-18-4-6-21(26-18)24(31)27-20-7-5-19-14(2)28-29-23(19)20/h3-4,6,8,16-17,20,26H,5,7,9-12H2,1-2H3,(H,27,31)(H,28,29)/t16?,17?,20-/m1/s1. The van der Waals surface area contributed by atoms with Crippen molar-refractivity contribution in [3.05, 3.63) is 63.9 Å². The molecule has 0 aromatic carbocycles. The number of pyridine rings is 1. The largest absolute Gasteiger partial charge is 0.356 e. The second kappa shape index (κ2) is 6.97. The summed E-state index contributed by atoms with van der Waals surface area (Å²) in [5, 5.41) is 10.5. The maximum atomic E-state index is 12.8. The monoisotopic (exact) mass is 416 g/mol. The van der Waals surface area contributed by atoms with Crippen molar-refractivity contribution in [2.75, 3.05) is 18.0 Å². The minimum absolute atomic E-state index is 0.00561. The third-order valence-electron chi connectivity index (χ3n) is 7.30. The number of aromatic amines is 2. The Bertz CT molecular complexity index is 1150. The second-order valence-corrected chi connectivity index (χ2v) is 9.41. The number of amides is 1. The van der Waals surface area contributed by atoms with E-state index in [9.17, 15) is 4.79 Å². The average Bonchev–Trinajstić information content (AvgIpc) is 3.22. The van der Waals surface area contributed by atoms with Crippen LogP contribution in [0.15, 0.2) is 24.3 Å². The Kier molecular flexibility index (Phi) is 4.20. The van der Waals surface area contributed by atoms with Crippen LogP contribution in [0.5, 0.6) is 0 Å². The number of nitrogens with zero attached hydrogens (tertiary/aromatic N) is 3. The summed E-state index contributed by atoms with van der Waals surface area (Å²) >= 11 is 0. The van der Waals surface area contributed by atoms with Gasteiger partial charge in [0.05, 0.1) is 17.4 Å². The average molecular weight is 417 g/mol. The van der Waals surface area contributed by atoms with Gasteiger partial charge in [0.25, 0.3) is 5.91 Å². The Morgan fingerprint density at radius 2 is 2.00 bits per heavy atom. The van der Waals surface area contributed by atoms with Crippen LogP contribution in [0.1, 0.15) is 63.3 Å². The number of nitrogens with one attached hydrogen (secondary N) is 3. The second-order valence-electron chi connectivity index (χ2n) is 9.41. The molecule has 0 radical (unpaired) electrons. The minimum atomic E-state index is -0.0749. The van der Waals surface area contributed by atoms with Crippen LogP contribution in [0.4, 0.5) is 5.82 Å². The minimum Gasteiger partial charge on any atom is -0.356 e. The summed E-state index contributed by atoms with van der Waals surface area (Å²) in [7, 11) is 0. The first-order valence-electron chi connectivity index (χ1n) is 11.3. The zero-order valence-electron chi connectivity index (χ0n) is 18.0. The van der Waals surface area contributed by atoms with Gasteiger partial charge in [0, 0.05) is 30.9 Å². The molecule has 1 saturated heterocycles. The molecule has 3 aromatic heterocycles. The number of rotatable bonds is 5. The highest BCUT2D eigenvalue weighted by Gasteiger charge is 2.45. The summed E-state index contributed by atoms with van der Waals surface area (Å²) in [6.45, 7) is 6.41. The van der Waals surface area contributed by atoms with E-state index in [-0.39, 0.29) is 11.9 Å². The molecule has 2 aliphatic carbocycles. The number of aromatic nitrogens is 4. The van der Waals surface area contributed by atoms with Crippen molar-refractivity contribution in [2.24, 2.45) is 11.8 Å². The van der Waals surface area contributed by atoms with Crippen molar-refractivity contribution in [2.45, 2.75) is 45.6 Å². The quantitative estimate of drug-likeness (QED) is 0.596. The summed E-state index contributed by atoms with van der Waals surface area (Å²) in [5.74, 6) is 2.83. The first-order valence-corrected chi connectivity index (χ1v) is 11.3. The van der Waals surface area contributed by atoms with Gasteiger partial charge in [-0.25, -0.2) is 4.98 Å². The van der Waals surface area contributed by atoms with E-state index in [0.29, 0.717) is 5.69 Å². The Morgan fingerprint density at radius 1 is 1.16 bits per heavy atom. The zero-order valence-corrected chi connectivity index (χ0v) is 18.0. The van der Waals surface area contributed by atoms with E-state index in [1.165, 1.54) is 17.5 Å². The predicted molar refractivity (Wildman–Crippen MR) is 118 cm³/mol. The first-order chi connectivity index (χ1) is 15.0. The van der Waals surface area contributed by atoms with Crippen molar-refractivity contribution in [1.82, 2.24) is 25.5 Å². The van der Waals surface area contributed by atoms with E-state index in [1.807, 2.05) is 19.1 Å². The van der Waals surface area contributed by atoms with Crippen molar-refractivity contribution in [3.8, 4) is 0 Å². The van der Waals surface area contributed by atoms with E-state index in [1.54, 1.807) is 0 Å². The molecule has 7 nitrogen and oxygen atoms in total. The van der Waals surface area contributed by atoms with Gasteiger partial charge < -0.3 is 15.2 Å². The highest BCUT2D eigenvalue weighted by molar-refractivity contribution is 5.92. The van der Waals surface area contributed by atoms with Crippen molar-refractivity contribution >= 4 is 11.7 Å². The molecule has 1 saturated carbocycles. The molecule has 3 atom stereocenters. The molecule has 6 rings (SSSR count). The summed E-state index contributed by atoms with van der Waals surface area (Å²) in [5.41, 5.74) is 7.20. The fourth-order valence-corrected chi connectivity index (χ4v) is 5.30. The van der Waals surface area contributed by atoms with Gasteiger partial charge in [-0.05, 0) is 74.3 Å². The van der Waals surface area contributed by atoms with Gasteiger partial charge >= 0.3 is 0 Å². The molecule has 7 heteroatoms. The van der Waals surface area contributed by atoms with Crippen LogP contribution in [0.2, 0.25) is 0 Å². The maximum Gasteiger partial charge on any atom is 0.268 e. The Labute approximate surface area is 181 Å². The number of piperidine rings is 1. The molecule has 3 aliphatic rings. The normalized spacial score (nSPS) is 23.7. The molecule has 2 unspecified atom stereocenters. The number of anilines is 1. The van der Waals surface area contributed by atoms with Crippen LogP contribution in [-0.4, -0.2) is 39.2 Å². The molecular formula is C24H28N6O. The molecule has 2 fully saturated rings. The Morgan fingerprint density at radius 3 is 2.81 bits per heavy atom. The lowest BCUT2D eigenvalue weighted by molar-refractivity contribution is 0.0931. The van der Waals surface area contributed by atoms with Crippen molar-refractivity contribution in [1.29, 1.82) is 0 Å². The lowest BCUT2D eigenvalue weighted by atomic mass is 10.1. The van der Waals surface area contributed by atoms with Crippen LogP contribution < -0.4 is 10.2 Å². The Balaban J connectivity index is 1.12. The van der Waals surface area contributed by atoms with Crippen LogP contribution in [-0.2, 0) is 12.8 Å². The molecule has 3 aromatic rings. The Hall–Kier alpha value is -3.09. The van der Waals surface area contributed by atoms with E-state index in [4.69, 9.17) is 4.98 Å². The van der Waals surface area contributed by atoms with E-state index in [2.05, 4.69) is 44.5 Å². The molecule has 0 bridgehead atoms. The molecule has 31 heavy (non-hydrogen) atoms. The van der Waals surface area contributed by atoms with E-state index >= 15 is 0 Å². The lowest BCUT2D eigenvalue weighted by Gasteiger charge is -2.20. The van der Waals surface area contributed by atoms with Crippen LogP contribution >= 0.6 is 0 Å². The number of carbonyl (C=O) groups is 1. The van der Waals surface area contributed by atoms with Crippen molar-refractivity contribution in [3.63, 3.8) is 0 Å². The molecule has 4 heterocycles. The van der Waals surface area contributed by atoms with E-state index in [0.717, 1.165) is 72.8 Å². The smallest absolute Gasteiger partial charge is 0.268 e. The fraction of sp³-hybridized carbons (Fsp3) is 0.458. The summed E-state index contributed by atoms with van der Waals surface area (Å²) in [6, 6.07) is 8.20. The lowest BCUT2D eigenvalue weighted by Crippen LogP contribution is -2.27. The van der Waals surface area contributed by atoms with Gasteiger partial charge in [0.1, 0.15) is 11.5 Å². The fourth-order valence-electron chi connectivity index (χ4n) is 5.30. The SMILES string of the molecule is Cc1nc(N2CC3CC3C2)ccc1Cc1ccc(C(=O)N[C@@H]2CCc3c(C)n[nH]c32)[nH]1. The number of hydrogen-bond acceptors (Lipinski definition) is 4. The van der Waals surface area contributed by atoms with Gasteiger partial charge in [0.2, 0.25) is 0 Å². The highest BCUT2D eigenvalue weighted by Crippen LogP contribution is 2.46. The number of H-pyrrole nitrogens is 2. The summed E-state index contributed by atoms with van der Waals surface area (Å²) in [4.78, 5) is 23.4. The highest BCUT2D eigenvalue weighted by atomic mass is 16.1. The predicted octanol–water partition coefficient (Wildman–Crippen LogP) is 3.21. The topological polar surface area (TPSA) is 89.7 Å². The van der Waals surface area contributed by atoms with E-state index < -0.39 is 0 Å². The molecule has 1 amide bonds. The first kappa shape index (κ1) is 18.7. The zero-order chi connectivity index (χ0) is 21.1. The molecule has 3 N–H and O–H groups in total. The van der Waals surface area contributed by atoms with Gasteiger partial charge in [0.15, 0.2) is 0 Å². The van der Waals surface area contributed by atoms with Gasteiger partial charge in [-0.15, -0.1) is 0 Å². The van der Waals surface area contributed by atoms with Gasteiger partial charge in [-0.1, -0.05) is 6.07 Å². The molecular weight excluding hydrogens is 388 g/mol. The number of carbonyl (C=O) groups excluding carboxylic acids is 1. The third-order valence-corrected chi connectivity index (χ3v) is 7.30. The van der Waals surface area contributed by atoms with Gasteiger partial charge in [-0.3, -0.25) is 9.89 Å².